The Hall–Kier alpha value is -2.33. The van der Waals surface area contributed by atoms with Crippen LogP contribution in [-0.2, 0) is 13.1 Å². The van der Waals surface area contributed by atoms with Crippen LogP contribution in [0, 0.1) is 13.8 Å². The Bertz CT molecular complexity index is 750. The Balaban J connectivity index is 1.65. The molecular formula is C17H18N4. The molecule has 0 atom stereocenters. The summed E-state index contributed by atoms with van der Waals surface area (Å²) in [4.78, 5) is 13.1. The van der Waals surface area contributed by atoms with Crippen LogP contribution < -0.4 is 5.32 Å². The van der Waals surface area contributed by atoms with Gasteiger partial charge in [0, 0.05) is 36.6 Å². The summed E-state index contributed by atoms with van der Waals surface area (Å²) in [6, 6.07) is 10.5. The van der Waals surface area contributed by atoms with Gasteiger partial charge in [0.25, 0.3) is 0 Å². The number of nitrogens with zero attached hydrogens (tertiary/aromatic N) is 3. The molecule has 2 heterocycles. The van der Waals surface area contributed by atoms with Crippen LogP contribution in [0.3, 0.4) is 0 Å². The zero-order chi connectivity index (χ0) is 14.7. The normalized spacial score (nSPS) is 11.0. The third-order valence-electron chi connectivity index (χ3n) is 3.36. The van der Waals surface area contributed by atoms with Crippen LogP contribution in [0.15, 0.2) is 42.7 Å². The number of pyridine rings is 1. The van der Waals surface area contributed by atoms with E-state index in [-0.39, 0.29) is 0 Å². The summed E-state index contributed by atoms with van der Waals surface area (Å²) >= 11 is 0. The quantitative estimate of drug-likeness (QED) is 0.797. The van der Waals surface area contributed by atoms with Gasteiger partial charge in [0.15, 0.2) is 0 Å². The van der Waals surface area contributed by atoms with E-state index in [0.717, 1.165) is 35.7 Å². The minimum absolute atomic E-state index is 0.720. The largest absolute Gasteiger partial charge is 0.307 e. The monoisotopic (exact) mass is 278 g/mol. The van der Waals surface area contributed by atoms with Gasteiger partial charge in [-0.3, -0.25) is 15.0 Å². The first-order valence-corrected chi connectivity index (χ1v) is 7.05. The van der Waals surface area contributed by atoms with Gasteiger partial charge in [-0.2, -0.15) is 0 Å². The highest BCUT2D eigenvalue weighted by molar-refractivity contribution is 5.79. The molecule has 1 aromatic carbocycles. The van der Waals surface area contributed by atoms with Crippen LogP contribution in [-0.4, -0.2) is 15.0 Å². The minimum atomic E-state index is 0.720. The summed E-state index contributed by atoms with van der Waals surface area (Å²) in [5.74, 6) is 0. The molecule has 0 fully saturated rings. The van der Waals surface area contributed by atoms with Crippen molar-refractivity contribution in [3.05, 3.63) is 65.4 Å². The van der Waals surface area contributed by atoms with Crippen LogP contribution >= 0.6 is 0 Å². The van der Waals surface area contributed by atoms with Crippen LogP contribution in [0.2, 0.25) is 0 Å². The van der Waals surface area contributed by atoms with Crippen molar-refractivity contribution in [1.82, 2.24) is 20.3 Å². The second kappa shape index (κ2) is 5.97. The molecule has 0 radical (unpaired) electrons. The molecule has 0 aliphatic carbocycles. The topological polar surface area (TPSA) is 50.7 Å². The average molecular weight is 278 g/mol. The predicted molar refractivity (Wildman–Crippen MR) is 83.8 cm³/mol. The lowest BCUT2D eigenvalue weighted by Crippen LogP contribution is -2.14. The Morgan fingerprint density at radius 1 is 0.905 bits per heavy atom. The molecule has 21 heavy (non-hydrogen) atoms. The van der Waals surface area contributed by atoms with Gasteiger partial charge in [-0.25, -0.2) is 0 Å². The number of rotatable bonds is 4. The standard InChI is InChI=1S/C17H18N4/c1-12-3-5-15-7-14(4-6-17(15)21-12)9-18-10-16-11-19-13(2)8-20-16/h3-8,11,18H,9-10H2,1-2H3. The number of fused-ring (bicyclic) bond motifs is 1. The van der Waals surface area contributed by atoms with Crippen molar-refractivity contribution in [3.63, 3.8) is 0 Å². The molecule has 1 N–H and O–H groups in total. The first-order valence-electron chi connectivity index (χ1n) is 7.05. The van der Waals surface area contributed by atoms with E-state index in [2.05, 4.69) is 44.5 Å². The molecule has 4 nitrogen and oxygen atoms in total. The molecule has 0 amide bonds. The highest BCUT2D eigenvalue weighted by atomic mass is 14.9. The lowest BCUT2D eigenvalue weighted by atomic mass is 10.1. The fourth-order valence-corrected chi connectivity index (χ4v) is 2.23. The smallest absolute Gasteiger partial charge is 0.0724 e. The Labute approximate surface area is 124 Å². The van der Waals surface area contributed by atoms with Crippen LogP contribution in [0.4, 0.5) is 0 Å². The van der Waals surface area contributed by atoms with Gasteiger partial charge in [-0.1, -0.05) is 12.1 Å². The first-order chi connectivity index (χ1) is 10.2. The molecule has 2 aromatic heterocycles. The highest BCUT2D eigenvalue weighted by Crippen LogP contribution is 2.14. The molecule has 0 bridgehead atoms. The van der Waals surface area contributed by atoms with Crippen molar-refractivity contribution in [2.24, 2.45) is 0 Å². The molecule has 0 spiro atoms. The second-order valence-electron chi connectivity index (χ2n) is 5.23. The van der Waals surface area contributed by atoms with Crippen molar-refractivity contribution in [2.45, 2.75) is 26.9 Å². The maximum Gasteiger partial charge on any atom is 0.0724 e. The lowest BCUT2D eigenvalue weighted by molar-refractivity contribution is 0.676. The SMILES string of the molecule is Cc1cnc(CNCc2ccc3nc(C)ccc3c2)cn1. The summed E-state index contributed by atoms with van der Waals surface area (Å²) < 4.78 is 0. The van der Waals surface area contributed by atoms with Crippen molar-refractivity contribution >= 4 is 10.9 Å². The van der Waals surface area contributed by atoms with E-state index in [1.165, 1.54) is 10.9 Å². The van der Waals surface area contributed by atoms with E-state index in [0.29, 0.717) is 0 Å². The zero-order valence-corrected chi connectivity index (χ0v) is 12.3. The van der Waals surface area contributed by atoms with Crippen molar-refractivity contribution < 1.29 is 0 Å². The number of nitrogens with one attached hydrogen (secondary N) is 1. The van der Waals surface area contributed by atoms with E-state index in [4.69, 9.17) is 0 Å². The number of hydrogen-bond acceptors (Lipinski definition) is 4. The van der Waals surface area contributed by atoms with Crippen LogP contribution in [0.5, 0.6) is 0 Å². The molecule has 4 heteroatoms. The molecule has 0 aliphatic rings. The van der Waals surface area contributed by atoms with Gasteiger partial charge in [0.2, 0.25) is 0 Å². The fraction of sp³-hybridized carbons (Fsp3) is 0.235. The summed E-state index contributed by atoms with van der Waals surface area (Å²) in [6.07, 6.45) is 3.61. The van der Waals surface area contributed by atoms with E-state index >= 15 is 0 Å². The molecule has 3 rings (SSSR count). The summed E-state index contributed by atoms with van der Waals surface area (Å²) in [5, 5.41) is 4.57. The van der Waals surface area contributed by atoms with Gasteiger partial charge in [0.05, 0.1) is 16.9 Å². The molecule has 3 aromatic rings. The van der Waals surface area contributed by atoms with Gasteiger partial charge >= 0.3 is 0 Å². The summed E-state index contributed by atoms with van der Waals surface area (Å²) in [5.41, 5.74) is 5.23. The van der Waals surface area contributed by atoms with Crippen LogP contribution in [0.1, 0.15) is 22.6 Å². The molecule has 0 saturated carbocycles. The average Bonchev–Trinajstić information content (AvgIpc) is 2.49. The van der Waals surface area contributed by atoms with Crippen LogP contribution in [0.25, 0.3) is 10.9 Å². The summed E-state index contributed by atoms with van der Waals surface area (Å²) in [6.45, 7) is 5.48. The molecule has 0 aliphatic heterocycles. The van der Waals surface area contributed by atoms with E-state index in [9.17, 15) is 0 Å². The number of hydrogen-bond donors (Lipinski definition) is 1. The second-order valence-corrected chi connectivity index (χ2v) is 5.23. The van der Waals surface area contributed by atoms with Gasteiger partial charge in [0.1, 0.15) is 0 Å². The maximum absolute atomic E-state index is 4.51. The Morgan fingerprint density at radius 3 is 2.62 bits per heavy atom. The van der Waals surface area contributed by atoms with Gasteiger partial charge in [-0.05, 0) is 37.6 Å². The third-order valence-corrected chi connectivity index (χ3v) is 3.36. The number of benzene rings is 1. The Morgan fingerprint density at radius 2 is 1.81 bits per heavy atom. The van der Waals surface area contributed by atoms with E-state index < -0.39 is 0 Å². The summed E-state index contributed by atoms with van der Waals surface area (Å²) in [7, 11) is 0. The molecular weight excluding hydrogens is 260 g/mol. The van der Waals surface area contributed by atoms with Crippen molar-refractivity contribution in [1.29, 1.82) is 0 Å². The minimum Gasteiger partial charge on any atom is -0.307 e. The maximum atomic E-state index is 4.51. The third kappa shape index (κ3) is 3.41. The number of aromatic nitrogens is 3. The molecule has 106 valence electrons. The lowest BCUT2D eigenvalue weighted by Gasteiger charge is -2.06. The number of aryl methyl sites for hydroxylation is 2. The van der Waals surface area contributed by atoms with E-state index in [1.54, 1.807) is 6.20 Å². The Kier molecular flexibility index (Phi) is 3.88. The first kappa shape index (κ1) is 13.6. The molecule has 0 saturated heterocycles. The van der Waals surface area contributed by atoms with Crippen molar-refractivity contribution in [2.75, 3.05) is 0 Å². The van der Waals surface area contributed by atoms with E-state index in [1.807, 2.05) is 26.1 Å². The zero-order valence-electron chi connectivity index (χ0n) is 12.3. The van der Waals surface area contributed by atoms with Crippen molar-refractivity contribution in [3.8, 4) is 0 Å². The molecule has 0 unspecified atom stereocenters. The fourth-order valence-electron chi connectivity index (χ4n) is 2.23. The highest BCUT2D eigenvalue weighted by Gasteiger charge is 1.99. The van der Waals surface area contributed by atoms with Gasteiger partial charge in [-0.15, -0.1) is 0 Å². The van der Waals surface area contributed by atoms with Gasteiger partial charge < -0.3 is 5.32 Å². The predicted octanol–water partition coefficient (Wildman–Crippen LogP) is 2.93.